The fourth-order valence-electron chi connectivity index (χ4n) is 1.47. The maximum absolute atomic E-state index is 11.6. The van der Waals surface area contributed by atoms with Gasteiger partial charge in [-0.05, 0) is 18.9 Å². The fraction of sp³-hybridized carbons (Fsp3) is 0.308. The van der Waals surface area contributed by atoms with Gasteiger partial charge in [0, 0.05) is 0 Å². The molecule has 0 aliphatic carbocycles. The molecule has 0 bridgehead atoms. The zero-order valence-electron chi connectivity index (χ0n) is 9.14. The van der Waals surface area contributed by atoms with Crippen molar-refractivity contribution in [3.8, 4) is 0 Å². The first-order valence-corrected chi connectivity index (χ1v) is 5.03. The fourth-order valence-corrected chi connectivity index (χ4v) is 1.47. The van der Waals surface area contributed by atoms with Crippen molar-refractivity contribution in [2.24, 2.45) is 0 Å². The van der Waals surface area contributed by atoms with E-state index in [9.17, 15) is 4.79 Å². The number of carbonyl (C=O) groups is 1. The van der Waals surface area contributed by atoms with Gasteiger partial charge in [-0.2, -0.15) is 0 Å². The second kappa shape index (κ2) is 6.02. The first kappa shape index (κ1) is 11.5. The summed E-state index contributed by atoms with van der Waals surface area (Å²) in [7, 11) is 1.42. The average molecular weight is 204 g/mol. The van der Waals surface area contributed by atoms with Crippen molar-refractivity contribution in [2.45, 2.75) is 19.3 Å². The van der Waals surface area contributed by atoms with Crippen molar-refractivity contribution < 1.29 is 9.53 Å². The zero-order valence-corrected chi connectivity index (χ0v) is 9.14. The van der Waals surface area contributed by atoms with Crippen LogP contribution in [0.25, 0.3) is 0 Å². The van der Waals surface area contributed by atoms with E-state index >= 15 is 0 Å². The number of rotatable bonds is 4. The van der Waals surface area contributed by atoms with Crippen LogP contribution in [-0.2, 0) is 9.53 Å². The molecule has 0 fully saturated rings. The molecule has 0 aliphatic heterocycles. The molecule has 0 aliphatic rings. The van der Waals surface area contributed by atoms with Gasteiger partial charge >= 0.3 is 5.97 Å². The Morgan fingerprint density at radius 3 is 2.60 bits per heavy atom. The third kappa shape index (κ3) is 3.24. The predicted molar refractivity (Wildman–Crippen MR) is 60.6 cm³/mol. The molecule has 0 spiro atoms. The first-order chi connectivity index (χ1) is 7.29. The van der Waals surface area contributed by atoms with Crippen molar-refractivity contribution in [3.05, 3.63) is 48.0 Å². The number of carbonyl (C=O) groups excluding carboxylic acids is 1. The minimum atomic E-state index is -0.188. The van der Waals surface area contributed by atoms with Gasteiger partial charge in [-0.3, -0.25) is 4.79 Å². The number of hydrogen-bond acceptors (Lipinski definition) is 2. The van der Waals surface area contributed by atoms with Crippen LogP contribution in [0.3, 0.4) is 0 Å². The molecular formula is C13H16O2. The number of ether oxygens (including phenoxy) is 1. The molecule has 0 saturated heterocycles. The van der Waals surface area contributed by atoms with Gasteiger partial charge in [0.2, 0.25) is 0 Å². The van der Waals surface area contributed by atoms with Crippen molar-refractivity contribution in [1.82, 2.24) is 0 Å². The van der Waals surface area contributed by atoms with Crippen molar-refractivity contribution >= 4 is 5.97 Å². The van der Waals surface area contributed by atoms with Gasteiger partial charge in [0.25, 0.3) is 0 Å². The lowest BCUT2D eigenvalue weighted by Crippen LogP contribution is -2.13. The van der Waals surface area contributed by atoms with E-state index in [1.54, 1.807) is 0 Å². The molecule has 0 radical (unpaired) electrons. The van der Waals surface area contributed by atoms with Gasteiger partial charge in [0.15, 0.2) is 0 Å². The molecule has 0 amide bonds. The Kier molecular flexibility index (Phi) is 4.61. The van der Waals surface area contributed by atoms with E-state index in [1.807, 2.05) is 49.4 Å². The van der Waals surface area contributed by atoms with Gasteiger partial charge < -0.3 is 4.74 Å². The summed E-state index contributed by atoms with van der Waals surface area (Å²) >= 11 is 0. The maximum Gasteiger partial charge on any atom is 0.313 e. The van der Waals surface area contributed by atoms with Crippen molar-refractivity contribution in [2.75, 3.05) is 7.11 Å². The number of hydrogen-bond donors (Lipinski definition) is 0. The van der Waals surface area contributed by atoms with Gasteiger partial charge in [-0.25, -0.2) is 0 Å². The van der Waals surface area contributed by atoms with E-state index in [4.69, 9.17) is 4.74 Å². The number of allylic oxidation sites excluding steroid dienone is 2. The molecular weight excluding hydrogens is 188 g/mol. The summed E-state index contributed by atoms with van der Waals surface area (Å²) in [6, 6.07) is 9.70. The summed E-state index contributed by atoms with van der Waals surface area (Å²) in [6.45, 7) is 1.94. The number of methoxy groups -OCH3 is 1. The predicted octanol–water partition coefficient (Wildman–Crippen LogP) is 2.91. The molecule has 1 aromatic carbocycles. The molecule has 1 aromatic rings. The minimum Gasteiger partial charge on any atom is -0.469 e. The van der Waals surface area contributed by atoms with E-state index < -0.39 is 0 Å². The van der Waals surface area contributed by atoms with Gasteiger partial charge in [0.1, 0.15) is 0 Å². The monoisotopic (exact) mass is 204 g/mol. The van der Waals surface area contributed by atoms with Crippen LogP contribution in [0.5, 0.6) is 0 Å². The smallest absolute Gasteiger partial charge is 0.313 e. The SMILES string of the molecule is CC=CCC(C(=O)OC)c1ccccc1. The Hall–Kier alpha value is -1.57. The summed E-state index contributed by atoms with van der Waals surface area (Å²) in [5, 5.41) is 0. The normalized spacial score (nSPS) is 12.7. The van der Waals surface area contributed by atoms with Crippen LogP contribution in [-0.4, -0.2) is 13.1 Å². The van der Waals surface area contributed by atoms with Crippen LogP contribution in [0, 0.1) is 0 Å². The molecule has 1 atom stereocenters. The molecule has 1 rings (SSSR count). The Balaban J connectivity index is 2.86. The molecule has 2 nitrogen and oxygen atoms in total. The van der Waals surface area contributed by atoms with Gasteiger partial charge in [-0.15, -0.1) is 0 Å². The molecule has 80 valence electrons. The van der Waals surface area contributed by atoms with Crippen LogP contribution >= 0.6 is 0 Å². The van der Waals surface area contributed by atoms with E-state index in [2.05, 4.69) is 0 Å². The highest BCUT2D eigenvalue weighted by Crippen LogP contribution is 2.21. The first-order valence-electron chi connectivity index (χ1n) is 5.03. The summed E-state index contributed by atoms with van der Waals surface area (Å²) in [6.07, 6.45) is 4.61. The second-order valence-electron chi connectivity index (χ2n) is 3.29. The Bertz CT molecular complexity index is 328. The Morgan fingerprint density at radius 2 is 2.07 bits per heavy atom. The van der Waals surface area contributed by atoms with E-state index in [-0.39, 0.29) is 11.9 Å². The number of benzene rings is 1. The standard InChI is InChI=1S/C13H16O2/c1-3-4-10-12(13(14)15-2)11-8-6-5-7-9-11/h3-9,12H,10H2,1-2H3. The van der Waals surface area contributed by atoms with Crippen molar-refractivity contribution in [1.29, 1.82) is 0 Å². The summed E-state index contributed by atoms with van der Waals surface area (Å²) < 4.78 is 4.79. The molecule has 0 heterocycles. The Morgan fingerprint density at radius 1 is 1.40 bits per heavy atom. The van der Waals surface area contributed by atoms with Crippen LogP contribution in [0.4, 0.5) is 0 Å². The molecule has 1 unspecified atom stereocenters. The molecule has 2 heteroatoms. The second-order valence-corrected chi connectivity index (χ2v) is 3.29. The zero-order chi connectivity index (χ0) is 11.1. The lowest BCUT2D eigenvalue weighted by Gasteiger charge is -2.12. The highest BCUT2D eigenvalue weighted by molar-refractivity contribution is 5.78. The van der Waals surface area contributed by atoms with Crippen LogP contribution in [0.15, 0.2) is 42.5 Å². The minimum absolute atomic E-state index is 0.181. The summed E-state index contributed by atoms with van der Waals surface area (Å²) in [5.41, 5.74) is 1.00. The Labute approximate surface area is 90.6 Å². The highest BCUT2D eigenvalue weighted by atomic mass is 16.5. The topological polar surface area (TPSA) is 26.3 Å². The lowest BCUT2D eigenvalue weighted by molar-refractivity contribution is -0.142. The lowest BCUT2D eigenvalue weighted by atomic mass is 9.96. The molecule has 0 N–H and O–H groups in total. The highest BCUT2D eigenvalue weighted by Gasteiger charge is 2.19. The molecule has 0 aromatic heterocycles. The van der Waals surface area contributed by atoms with Crippen LogP contribution < -0.4 is 0 Å². The quantitative estimate of drug-likeness (QED) is 0.557. The maximum atomic E-state index is 11.6. The average Bonchev–Trinajstić information content (AvgIpc) is 2.30. The largest absolute Gasteiger partial charge is 0.469 e. The van der Waals surface area contributed by atoms with Crippen molar-refractivity contribution in [3.63, 3.8) is 0 Å². The molecule has 15 heavy (non-hydrogen) atoms. The third-order valence-electron chi connectivity index (χ3n) is 2.30. The van der Waals surface area contributed by atoms with Gasteiger partial charge in [-0.1, -0.05) is 42.5 Å². The summed E-state index contributed by atoms with van der Waals surface area (Å²) in [4.78, 5) is 11.6. The van der Waals surface area contributed by atoms with E-state index in [0.717, 1.165) is 5.56 Å². The van der Waals surface area contributed by atoms with Crippen LogP contribution in [0.1, 0.15) is 24.8 Å². The third-order valence-corrected chi connectivity index (χ3v) is 2.30. The van der Waals surface area contributed by atoms with E-state index in [0.29, 0.717) is 6.42 Å². The summed E-state index contributed by atoms with van der Waals surface area (Å²) in [5.74, 6) is -0.369. The van der Waals surface area contributed by atoms with Gasteiger partial charge in [0.05, 0.1) is 13.0 Å². The number of esters is 1. The molecule has 0 saturated carbocycles. The van der Waals surface area contributed by atoms with E-state index in [1.165, 1.54) is 7.11 Å². The van der Waals surface area contributed by atoms with Crippen LogP contribution in [0.2, 0.25) is 0 Å².